The molecular weight excluding hydrogens is 310 g/mol. The van der Waals surface area contributed by atoms with E-state index in [1.807, 2.05) is 0 Å². The van der Waals surface area contributed by atoms with E-state index in [9.17, 15) is 0 Å². The van der Waals surface area contributed by atoms with Crippen molar-refractivity contribution in [3.63, 3.8) is 0 Å². The van der Waals surface area contributed by atoms with Gasteiger partial charge in [0.15, 0.2) is 0 Å². The molecule has 2 aliphatic rings. The highest BCUT2D eigenvalue weighted by Crippen LogP contribution is 2.35. The Morgan fingerprint density at radius 1 is 0.750 bits per heavy atom. The Bertz CT molecular complexity index is 238. The Labute approximate surface area is 135 Å². The van der Waals surface area contributed by atoms with Crippen LogP contribution in [0.25, 0.3) is 0 Å². The van der Waals surface area contributed by atoms with Gasteiger partial charge in [-0.2, -0.15) is 0 Å². The van der Waals surface area contributed by atoms with Gasteiger partial charge < -0.3 is 4.90 Å². The van der Waals surface area contributed by atoms with Crippen molar-refractivity contribution in [1.82, 2.24) is 4.90 Å². The highest BCUT2D eigenvalue weighted by Gasteiger charge is 2.32. The lowest BCUT2D eigenvalue weighted by Crippen LogP contribution is -2.35. The Morgan fingerprint density at radius 3 is 2.10 bits per heavy atom. The summed E-state index contributed by atoms with van der Waals surface area (Å²) in [5.74, 6) is 1.06. The second-order valence-electron chi connectivity index (χ2n) is 6.95. The molecule has 0 amide bonds. The standard InChI is InChI=1S/C18H34BrN/c19-14-8-4-2-1-3-5-9-15-20-16-10-13-18(20)17-11-6-7-12-17/h17-18H,1-16H2. The highest BCUT2D eigenvalue weighted by molar-refractivity contribution is 9.09. The summed E-state index contributed by atoms with van der Waals surface area (Å²) in [7, 11) is 0. The molecule has 1 atom stereocenters. The van der Waals surface area contributed by atoms with E-state index in [2.05, 4.69) is 20.8 Å². The molecule has 0 bridgehead atoms. The van der Waals surface area contributed by atoms with Crippen molar-refractivity contribution in [2.75, 3.05) is 18.4 Å². The van der Waals surface area contributed by atoms with Gasteiger partial charge in [0.1, 0.15) is 0 Å². The smallest absolute Gasteiger partial charge is 0.0124 e. The summed E-state index contributed by atoms with van der Waals surface area (Å²) in [5, 5.41) is 1.19. The third kappa shape index (κ3) is 5.67. The molecule has 1 unspecified atom stereocenters. The van der Waals surface area contributed by atoms with Gasteiger partial charge in [-0.15, -0.1) is 0 Å². The third-order valence-corrected chi connectivity index (χ3v) is 6.00. The number of likely N-dealkylation sites (tertiary alicyclic amines) is 1. The van der Waals surface area contributed by atoms with Crippen LogP contribution in [0.15, 0.2) is 0 Å². The predicted molar refractivity (Wildman–Crippen MR) is 92.7 cm³/mol. The van der Waals surface area contributed by atoms with Crippen molar-refractivity contribution < 1.29 is 0 Å². The summed E-state index contributed by atoms with van der Waals surface area (Å²) in [6, 6.07) is 0.969. The van der Waals surface area contributed by atoms with E-state index in [1.165, 1.54) is 102 Å². The topological polar surface area (TPSA) is 3.24 Å². The zero-order valence-corrected chi connectivity index (χ0v) is 14.9. The molecule has 20 heavy (non-hydrogen) atoms. The van der Waals surface area contributed by atoms with Gasteiger partial charge in [0, 0.05) is 11.4 Å². The zero-order chi connectivity index (χ0) is 14.0. The molecule has 1 aliphatic heterocycles. The van der Waals surface area contributed by atoms with Crippen LogP contribution in [0.2, 0.25) is 0 Å². The van der Waals surface area contributed by atoms with Crippen LogP contribution in [0, 0.1) is 5.92 Å². The molecule has 1 saturated heterocycles. The minimum atomic E-state index is 0.969. The van der Waals surface area contributed by atoms with E-state index in [1.54, 1.807) is 0 Å². The van der Waals surface area contributed by atoms with E-state index < -0.39 is 0 Å². The minimum absolute atomic E-state index is 0.969. The fourth-order valence-corrected chi connectivity index (χ4v) is 4.70. The number of alkyl halides is 1. The Balaban J connectivity index is 1.50. The summed E-state index contributed by atoms with van der Waals surface area (Å²) < 4.78 is 0. The van der Waals surface area contributed by atoms with Crippen LogP contribution in [0.3, 0.4) is 0 Å². The Morgan fingerprint density at radius 2 is 1.40 bits per heavy atom. The normalized spacial score (nSPS) is 24.8. The first-order valence-corrected chi connectivity index (χ1v) is 10.3. The molecule has 0 radical (unpaired) electrons. The first kappa shape index (κ1) is 16.8. The number of halogens is 1. The van der Waals surface area contributed by atoms with E-state index >= 15 is 0 Å². The van der Waals surface area contributed by atoms with Gasteiger partial charge in [-0.25, -0.2) is 0 Å². The number of hydrogen-bond donors (Lipinski definition) is 0. The van der Waals surface area contributed by atoms with E-state index in [0.717, 1.165) is 12.0 Å². The van der Waals surface area contributed by atoms with Crippen molar-refractivity contribution in [3.8, 4) is 0 Å². The van der Waals surface area contributed by atoms with E-state index in [0.29, 0.717) is 0 Å². The minimum Gasteiger partial charge on any atom is -0.300 e. The van der Waals surface area contributed by atoms with Gasteiger partial charge in [0.05, 0.1) is 0 Å². The van der Waals surface area contributed by atoms with Gasteiger partial charge in [-0.1, -0.05) is 60.9 Å². The van der Waals surface area contributed by atoms with Gasteiger partial charge in [0.2, 0.25) is 0 Å². The van der Waals surface area contributed by atoms with Crippen LogP contribution in [0.4, 0.5) is 0 Å². The molecule has 0 N–H and O–H groups in total. The molecule has 2 rings (SSSR count). The zero-order valence-electron chi connectivity index (χ0n) is 13.3. The maximum atomic E-state index is 3.51. The average molecular weight is 344 g/mol. The Hall–Kier alpha value is 0.440. The number of nitrogens with zero attached hydrogens (tertiary/aromatic N) is 1. The van der Waals surface area contributed by atoms with Gasteiger partial charge in [0.25, 0.3) is 0 Å². The summed E-state index contributed by atoms with van der Waals surface area (Å²) in [5.41, 5.74) is 0. The molecular formula is C18H34BrN. The predicted octanol–water partition coefficient (Wildman–Crippen LogP) is 5.77. The van der Waals surface area contributed by atoms with Crippen LogP contribution in [-0.2, 0) is 0 Å². The quantitative estimate of drug-likeness (QED) is 0.359. The van der Waals surface area contributed by atoms with E-state index in [-0.39, 0.29) is 0 Å². The number of rotatable bonds is 10. The molecule has 0 aromatic carbocycles. The first-order valence-electron chi connectivity index (χ1n) is 9.22. The first-order chi connectivity index (χ1) is 9.92. The SMILES string of the molecule is BrCCCCCCCCCN1CCCC1C1CCCC1. The lowest BCUT2D eigenvalue weighted by Gasteiger charge is -2.29. The van der Waals surface area contributed by atoms with Crippen LogP contribution in [0.5, 0.6) is 0 Å². The lowest BCUT2D eigenvalue weighted by atomic mass is 9.96. The van der Waals surface area contributed by atoms with Crippen molar-refractivity contribution in [2.24, 2.45) is 5.92 Å². The molecule has 0 aromatic heterocycles. The molecule has 1 aliphatic carbocycles. The highest BCUT2D eigenvalue weighted by atomic mass is 79.9. The van der Waals surface area contributed by atoms with Crippen molar-refractivity contribution in [1.29, 1.82) is 0 Å². The van der Waals surface area contributed by atoms with Crippen molar-refractivity contribution >= 4 is 15.9 Å². The molecule has 1 nitrogen and oxygen atoms in total. The van der Waals surface area contributed by atoms with Crippen LogP contribution in [0.1, 0.15) is 83.5 Å². The lowest BCUT2D eigenvalue weighted by molar-refractivity contribution is 0.187. The van der Waals surface area contributed by atoms with Crippen LogP contribution >= 0.6 is 15.9 Å². The molecule has 0 spiro atoms. The summed E-state index contributed by atoms with van der Waals surface area (Å²) in [4.78, 5) is 2.85. The maximum absolute atomic E-state index is 3.51. The van der Waals surface area contributed by atoms with Crippen LogP contribution < -0.4 is 0 Å². The van der Waals surface area contributed by atoms with Crippen LogP contribution in [-0.4, -0.2) is 29.4 Å². The fraction of sp³-hybridized carbons (Fsp3) is 1.00. The van der Waals surface area contributed by atoms with E-state index in [4.69, 9.17) is 0 Å². The second-order valence-corrected chi connectivity index (χ2v) is 7.75. The monoisotopic (exact) mass is 343 g/mol. The third-order valence-electron chi connectivity index (χ3n) is 5.44. The summed E-state index contributed by atoms with van der Waals surface area (Å²) in [6.07, 6.45) is 19.1. The average Bonchev–Trinajstić information content (AvgIpc) is 3.11. The number of unbranched alkanes of at least 4 members (excludes halogenated alkanes) is 6. The molecule has 1 heterocycles. The van der Waals surface area contributed by atoms with Crippen molar-refractivity contribution in [2.45, 2.75) is 89.5 Å². The van der Waals surface area contributed by atoms with Gasteiger partial charge >= 0.3 is 0 Å². The molecule has 0 aromatic rings. The molecule has 2 fully saturated rings. The molecule has 118 valence electrons. The summed E-state index contributed by atoms with van der Waals surface area (Å²) >= 11 is 3.51. The largest absolute Gasteiger partial charge is 0.300 e. The fourth-order valence-electron chi connectivity index (χ4n) is 4.30. The number of hydrogen-bond acceptors (Lipinski definition) is 1. The molecule has 1 saturated carbocycles. The van der Waals surface area contributed by atoms with Gasteiger partial charge in [-0.3, -0.25) is 0 Å². The Kier molecular flexibility index (Phi) is 8.58. The van der Waals surface area contributed by atoms with Crippen molar-refractivity contribution in [3.05, 3.63) is 0 Å². The van der Waals surface area contributed by atoms with Gasteiger partial charge in [-0.05, 0) is 57.5 Å². The summed E-state index contributed by atoms with van der Waals surface area (Å²) in [6.45, 7) is 2.79. The maximum Gasteiger partial charge on any atom is 0.0124 e. The molecule has 2 heteroatoms. The second kappa shape index (κ2) is 10.2.